The third-order valence-electron chi connectivity index (χ3n) is 0.834. The van der Waals surface area contributed by atoms with Crippen molar-refractivity contribution in [2.24, 2.45) is 0 Å². The zero-order chi connectivity index (χ0) is 7.61. The molecule has 0 saturated carbocycles. The van der Waals surface area contributed by atoms with Crippen LogP contribution in [0.5, 0.6) is 5.75 Å². The van der Waals surface area contributed by atoms with E-state index in [1.54, 1.807) is 6.20 Å². The Kier molecular flexibility index (Phi) is 1.66. The molecule has 0 radical (unpaired) electrons. The quantitative estimate of drug-likeness (QED) is 0.598. The molecule has 0 aliphatic rings. The van der Waals surface area contributed by atoms with Crippen LogP contribution in [0, 0.1) is 0 Å². The lowest BCUT2D eigenvalue weighted by molar-refractivity contribution is 0.129. The van der Waals surface area contributed by atoms with Gasteiger partial charge in [-0.3, -0.25) is 0 Å². The highest BCUT2D eigenvalue weighted by Crippen LogP contribution is 2.15. The summed E-state index contributed by atoms with van der Waals surface area (Å²) >= 11 is 0. The summed E-state index contributed by atoms with van der Waals surface area (Å²) in [5, 5.41) is 3.51. The molecule has 0 aliphatic heterocycles. The molecule has 3 nitrogen and oxygen atoms in total. The summed E-state index contributed by atoms with van der Waals surface area (Å²) < 4.78 is 9.97. The van der Waals surface area contributed by atoms with E-state index in [4.69, 9.17) is 4.74 Å². The van der Waals surface area contributed by atoms with Crippen molar-refractivity contribution < 1.29 is 9.26 Å². The smallest absolute Gasteiger partial charge is 0.179 e. The average molecular weight is 141 g/mol. The lowest BCUT2D eigenvalue weighted by atomic mass is 10.2. The molecule has 0 saturated heterocycles. The summed E-state index contributed by atoms with van der Waals surface area (Å²) in [5.74, 6) is 0.674. The third-order valence-corrected chi connectivity index (χ3v) is 0.834. The Morgan fingerprint density at radius 1 is 1.50 bits per heavy atom. The van der Waals surface area contributed by atoms with Crippen LogP contribution in [0.2, 0.25) is 0 Å². The van der Waals surface area contributed by atoms with Gasteiger partial charge in [-0.25, -0.2) is 0 Å². The molecular weight excluding hydrogens is 130 g/mol. The minimum Gasteiger partial charge on any atom is -0.483 e. The van der Waals surface area contributed by atoms with Crippen molar-refractivity contribution in [2.75, 3.05) is 0 Å². The molecule has 0 aliphatic carbocycles. The SMILES string of the molecule is CC(C)(C)Oc1cnoc1. The maximum absolute atomic E-state index is 5.39. The Morgan fingerprint density at radius 2 is 2.20 bits per heavy atom. The number of hydrogen-bond acceptors (Lipinski definition) is 3. The van der Waals surface area contributed by atoms with E-state index >= 15 is 0 Å². The molecule has 0 spiro atoms. The van der Waals surface area contributed by atoms with Crippen LogP contribution in [-0.2, 0) is 0 Å². The fourth-order valence-electron chi connectivity index (χ4n) is 0.599. The van der Waals surface area contributed by atoms with Crippen molar-refractivity contribution in [1.29, 1.82) is 0 Å². The van der Waals surface area contributed by atoms with Gasteiger partial charge in [-0.05, 0) is 20.8 Å². The predicted molar refractivity (Wildman–Crippen MR) is 36.9 cm³/mol. The first-order chi connectivity index (χ1) is 4.58. The van der Waals surface area contributed by atoms with Crippen LogP contribution in [0.25, 0.3) is 0 Å². The molecule has 0 N–H and O–H groups in total. The molecule has 0 amide bonds. The van der Waals surface area contributed by atoms with Gasteiger partial charge in [-0.1, -0.05) is 5.16 Å². The van der Waals surface area contributed by atoms with Gasteiger partial charge in [-0.2, -0.15) is 0 Å². The molecule has 1 aromatic rings. The fourth-order valence-corrected chi connectivity index (χ4v) is 0.599. The second-order valence-corrected chi connectivity index (χ2v) is 3.07. The zero-order valence-corrected chi connectivity index (χ0v) is 6.42. The summed E-state index contributed by atoms with van der Waals surface area (Å²) in [6.45, 7) is 5.92. The van der Waals surface area contributed by atoms with E-state index in [0.29, 0.717) is 5.75 Å². The van der Waals surface area contributed by atoms with Gasteiger partial charge in [-0.15, -0.1) is 0 Å². The van der Waals surface area contributed by atoms with Crippen molar-refractivity contribution in [1.82, 2.24) is 5.16 Å². The summed E-state index contributed by atoms with van der Waals surface area (Å²) in [6.07, 6.45) is 3.02. The monoisotopic (exact) mass is 141 g/mol. The molecule has 3 heteroatoms. The molecular formula is C7H11NO2. The topological polar surface area (TPSA) is 35.3 Å². The van der Waals surface area contributed by atoms with Gasteiger partial charge in [0.2, 0.25) is 0 Å². The molecule has 0 fully saturated rings. The summed E-state index contributed by atoms with van der Waals surface area (Å²) in [7, 11) is 0. The second-order valence-electron chi connectivity index (χ2n) is 3.07. The maximum Gasteiger partial charge on any atom is 0.179 e. The van der Waals surface area contributed by atoms with E-state index in [1.807, 2.05) is 20.8 Å². The van der Waals surface area contributed by atoms with E-state index < -0.39 is 0 Å². The first-order valence-electron chi connectivity index (χ1n) is 3.16. The van der Waals surface area contributed by atoms with Gasteiger partial charge in [0.25, 0.3) is 0 Å². The highest BCUT2D eigenvalue weighted by molar-refractivity contribution is 5.09. The largest absolute Gasteiger partial charge is 0.483 e. The van der Waals surface area contributed by atoms with Gasteiger partial charge in [0, 0.05) is 0 Å². The summed E-state index contributed by atoms with van der Waals surface area (Å²) in [5.41, 5.74) is -0.175. The first-order valence-corrected chi connectivity index (χ1v) is 3.16. The van der Waals surface area contributed by atoms with Crippen molar-refractivity contribution in [3.8, 4) is 5.75 Å². The van der Waals surface area contributed by atoms with Crippen molar-refractivity contribution >= 4 is 0 Å². The van der Waals surface area contributed by atoms with Crippen LogP contribution in [0.15, 0.2) is 17.0 Å². The van der Waals surface area contributed by atoms with Gasteiger partial charge in [0.15, 0.2) is 12.0 Å². The highest BCUT2D eigenvalue weighted by atomic mass is 16.5. The number of ether oxygens (including phenoxy) is 1. The maximum atomic E-state index is 5.39. The highest BCUT2D eigenvalue weighted by Gasteiger charge is 2.12. The lowest BCUT2D eigenvalue weighted by Crippen LogP contribution is -2.22. The van der Waals surface area contributed by atoms with Crippen molar-refractivity contribution in [2.45, 2.75) is 26.4 Å². The standard InChI is InChI=1S/C7H11NO2/c1-7(2,3)10-6-4-8-9-5-6/h4-5H,1-3H3. The molecule has 1 heterocycles. The lowest BCUT2D eigenvalue weighted by Gasteiger charge is -2.18. The van der Waals surface area contributed by atoms with Gasteiger partial charge in [0.1, 0.15) is 11.8 Å². The Morgan fingerprint density at radius 3 is 2.60 bits per heavy atom. The Bertz CT molecular complexity index is 186. The molecule has 1 aromatic heterocycles. The molecule has 1 rings (SSSR count). The van der Waals surface area contributed by atoms with E-state index in [9.17, 15) is 0 Å². The van der Waals surface area contributed by atoms with Gasteiger partial charge >= 0.3 is 0 Å². The number of aromatic nitrogens is 1. The molecule has 0 aromatic carbocycles. The van der Waals surface area contributed by atoms with Crippen LogP contribution >= 0.6 is 0 Å². The zero-order valence-electron chi connectivity index (χ0n) is 6.42. The van der Waals surface area contributed by atoms with E-state index in [0.717, 1.165) is 0 Å². The third kappa shape index (κ3) is 2.09. The minimum absolute atomic E-state index is 0.175. The summed E-state index contributed by atoms with van der Waals surface area (Å²) in [4.78, 5) is 0. The van der Waals surface area contributed by atoms with Gasteiger partial charge < -0.3 is 9.26 Å². The first kappa shape index (κ1) is 7.12. The molecule has 0 unspecified atom stereocenters. The van der Waals surface area contributed by atoms with E-state index in [2.05, 4.69) is 9.68 Å². The Hall–Kier alpha value is -0.990. The molecule has 56 valence electrons. The Labute approximate surface area is 60.0 Å². The number of nitrogens with zero attached hydrogens (tertiary/aromatic N) is 1. The fraction of sp³-hybridized carbons (Fsp3) is 0.571. The van der Waals surface area contributed by atoms with E-state index in [-0.39, 0.29) is 5.60 Å². The summed E-state index contributed by atoms with van der Waals surface area (Å²) in [6, 6.07) is 0. The average Bonchev–Trinajstić information content (AvgIpc) is 2.12. The Balaban J connectivity index is 2.57. The molecule has 0 atom stereocenters. The van der Waals surface area contributed by atoms with Crippen LogP contribution in [-0.4, -0.2) is 10.8 Å². The van der Waals surface area contributed by atoms with Crippen LogP contribution in [0.3, 0.4) is 0 Å². The van der Waals surface area contributed by atoms with Crippen molar-refractivity contribution in [3.05, 3.63) is 12.5 Å². The minimum atomic E-state index is -0.175. The number of hydrogen-bond donors (Lipinski definition) is 0. The van der Waals surface area contributed by atoms with Crippen molar-refractivity contribution in [3.63, 3.8) is 0 Å². The van der Waals surface area contributed by atoms with Gasteiger partial charge in [0.05, 0.1) is 0 Å². The predicted octanol–water partition coefficient (Wildman–Crippen LogP) is 1.85. The van der Waals surface area contributed by atoms with Crippen LogP contribution < -0.4 is 4.74 Å². The molecule has 10 heavy (non-hydrogen) atoms. The van der Waals surface area contributed by atoms with Crippen LogP contribution in [0.4, 0.5) is 0 Å². The molecule has 0 bridgehead atoms. The van der Waals surface area contributed by atoms with E-state index in [1.165, 1.54) is 6.26 Å². The van der Waals surface area contributed by atoms with Crippen LogP contribution in [0.1, 0.15) is 20.8 Å². The normalized spacial score (nSPS) is 11.5. The second kappa shape index (κ2) is 2.33. The number of rotatable bonds is 1.